The molecule has 0 fully saturated rings. The molecule has 0 saturated heterocycles. The zero-order chi connectivity index (χ0) is 25.7. The zero-order valence-electron chi connectivity index (χ0n) is 19.7. The Bertz CT molecular complexity index is 1420. The number of Topliss-reactive ketones (excluding diaryl/α,β-unsaturated/α-hetero) is 2. The minimum Gasteiger partial charge on any atom is -0.494 e. The van der Waals surface area contributed by atoms with Crippen molar-refractivity contribution in [3.8, 4) is 28.5 Å². The van der Waals surface area contributed by atoms with Gasteiger partial charge in [-0.3, -0.25) is 9.59 Å². The molecule has 0 aliphatic heterocycles. The van der Waals surface area contributed by atoms with Crippen molar-refractivity contribution in [3.63, 3.8) is 0 Å². The van der Waals surface area contributed by atoms with Gasteiger partial charge in [0.1, 0.15) is 36.2 Å². The van der Waals surface area contributed by atoms with E-state index in [2.05, 4.69) is 4.98 Å². The summed E-state index contributed by atoms with van der Waals surface area (Å²) in [5.41, 5.74) is 1.63. The number of thiophene rings is 1. The molecule has 4 aromatic rings. The summed E-state index contributed by atoms with van der Waals surface area (Å²) in [5, 5.41) is 2.46. The molecule has 36 heavy (non-hydrogen) atoms. The highest BCUT2D eigenvalue weighted by atomic mass is 32.1. The van der Waals surface area contributed by atoms with Crippen LogP contribution in [-0.4, -0.2) is 44.1 Å². The predicted molar refractivity (Wildman–Crippen MR) is 134 cm³/mol. The molecule has 0 unspecified atom stereocenters. The van der Waals surface area contributed by atoms with E-state index < -0.39 is 6.67 Å². The third kappa shape index (κ3) is 5.21. The topological polar surface area (TPSA) is 74.7 Å². The Hall–Kier alpha value is -3.85. The van der Waals surface area contributed by atoms with Crippen LogP contribution in [0.3, 0.4) is 0 Å². The van der Waals surface area contributed by atoms with Gasteiger partial charge in [0.05, 0.1) is 18.9 Å². The van der Waals surface area contributed by atoms with E-state index in [4.69, 9.17) is 14.2 Å². The van der Waals surface area contributed by atoms with Gasteiger partial charge in [0.2, 0.25) is 0 Å². The molecular weight excluding hydrogens is 488 g/mol. The van der Waals surface area contributed by atoms with Gasteiger partial charge in [-0.2, -0.15) is 0 Å². The lowest BCUT2D eigenvalue weighted by atomic mass is 10.0. The molecule has 2 heterocycles. The van der Waals surface area contributed by atoms with Gasteiger partial charge < -0.3 is 14.2 Å². The molecule has 0 radical (unpaired) electrons. The first-order valence-corrected chi connectivity index (χ1v) is 12.0. The quantitative estimate of drug-likeness (QED) is 0.220. The van der Waals surface area contributed by atoms with Crippen molar-refractivity contribution in [2.75, 3.05) is 27.5 Å². The number of hydrogen-bond donors (Lipinski definition) is 0. The summed E-state index contributed by atoms with van der Waals surface area (Å²) in [4.78, 5) is 30.2. The second-order valence-corrected chi connectivity index (χ2v) is 8.64. The third-order valence-corrected chi connectivity index (χ3v) is 6.57. The van der Waals surface area contributed by atoms with E-state index in [1.54, 1.807) is 35.7 Å². The van der Waals surface area contributed by atoms with Crippen molar-refractivity contribution in [3.05, 3.63) is 71.0 Å². The molecule has 2 aromatic carbocycles. The van der Waals surface area contributed by atoms with Crippen molar-refractivity contribution in [1.29, 1.82) is 0 Å². The monoisotopic (exact) mass is 511 g/mol. The number of aromatic nitrogens is 1. The van der Waals surface area contributed by atoms with E-state index in [1.807, 2.05) is 0 Å². The van der Waals surface area contributed by atoms with Crippen LogP contribution in [0.25, 0.3) is 21.3 Å². The van der Waals surface area contributed by atoms with Gasteiger partial charge >= 0.3 is 0 Å². The van der Waals surface area contributed by atoms with E-state index in [9.17, 15) is 18.4 Å². The van der Waals surface area contributed by atoms with Gasteiger partial charge in [0.15, 0.2) is 23.1 Å². The predicted octanol–water partition coefficient (Wildman–Crippen LogP) is 6.31. The fourth-order valence-corrected chi connectivity index (χ4v) is 4.73. The number of methoxy groups -OCH3 is 2. The molecule has 0 N–H and O–H groups in total. The molecule has 2 aromatic heterocycles. The average molecular weight is 512 g/mol. The lowest BCUT2D eigenvalue weighted by Gasteiger charge is -2.11. The van der Waals surface area contributed by atoms with Crippen LogP contribution >= 0.6 is 11.3 Å². The number of carbonyl (C=O) groups excluding carboxylic acids is 2. The Morgan fingerprint density at radius 2 is 1.69 bits per heavy atom. The number of alkyl halides is 1. The maximum Gasteiger partial charge on any atom is 0.181 e. The highest BCUT2D eigenvalue weighted by Gasteiger charge is 2.19. The van der Waals surface area contributed by atoms with Gasteiger partial charge in [-0.25, -0.2) is 13.8 Å². The van der Waals surface area contributed by atoms with Crippen LogP contribution in [0.1, 0.15) is 33.7 Å². The Labute approximate surface area is 210 Å². The Morgan fingerprint density at radius 1 is 0.944 bits per heavy atom. The first-order valence-electron chi connectivity index (χ1n) is 11.1. The summed E-state index contributed by atoms with van der Waals surface area (Å²) in [6.45, 7) is -0.766. The Morgan fingerprint density at radius 3 is 2.44 bits per heavy atom. The van der Waals surface area contributed by atoms with Gasteiger partial charge in [-0.05, 0) is 36.4 Å². The zero-order valence-corrected chi connectivity index (χ0v) is 20.5. The van der Waals surface area contributed by atoms with E-state index in [1.165, 1.54) is 43.8 Å². The maximum absolute atomic E-state index is 14.2. The fraction of sp³-hybridized carbons (Fsp3) is 0.222. The number of fused-ring (bicyclic) bond motifs is 1. The van der Waals surface area contributed by atoms with Crippen molar-refractivity contribution < 1.29 is 32.6 Å². The van der Waals surface area contributed by atoms with Crippen molar-refractivity contribution in [2.45, 2.75) is 12.8 Å². The number of carbonyl (C=O) groups is 2. The average Bonchev–Trinajstić information content (AvgIpc) is 3.35. The number of halogens is 2. The van der Waals surface area contributed by atoms with E-state index in [-0.39, 0.29) is 42.5 Å². The molecule has 0 atom stereocenters. The molecule has 6 nitrogen and oxygen atoms in total. The summed E-state index contributed by atoms with van der Waals surface area (Å²) in [7, 11) is 2.92. The highest BCUT2D eigenvalue weighted by molar-refractivity contribution is 7.17. The molecule has 9 heteroatoms. The minimum atomic E-state index is -0.646. The molecule has 0 aliphatic rings. The SMILES string of the molecule is COc1cc(C(=O)CCC(=O)c2ccc(OC)c(-c3csc4c(F)cccc34)n2)ccc1OCCF. The molecule has 0 amide bonds. The number of hydrogen-bond acceptors (Lipinski definition) is 7. The standard InChI is InChI=1S/C27H23F2NO5S/c1-33-24-11-7-20(30-26(24)18-15-36-27-17(18)4-3-5-19(27)29)22(32)9-8-21(31)16-6-10-23(35-13-12-28)25(14-16)34-2/h3-7,10-11,14-15H,8-9,12-13H2,1-2H3. The number of nitrogens with zero attached hydrogens (tertiary/aromatic N) is 1. The molecule has 186 valence electrons. The van der Waals surface area contributed by atoms with Crippen LogP contribution < -0.4 is 14.2 Å². The molecule has 0 spiro atoms. The first-order chi connectivity index (χ1) is 17.5. The third-order valence-electron chi connectivity index (χ3n) is 5.57. The summed E-state index contributed by atoms with van der Waals surface area (Å²) in [5.74, 6) is 0.195. The van der Waals surface area contributed by atoms with Crippen LogP contribution in [0.5, 0.6) is 17.2 Å². The van der Waals surface area contributed by atoms with Gasteiger partial charge in [0, 0.05) is 34.7 Å². The van der Waals surface area contributed by atoms with Crippen molar-refractivity contribution >= 4 is 33.0 Å². The van der Waals surface area contributed by atoms with Crippen LogP contribution in [-0.2, 0) is 0 Å². The van der Waals surface area contributed by atoms with Crippen molar-refractivity contribution in [1.82, 2.24) is 4.98 Å². The number of ether oxygens (including phenoxy) is 3. The molecular formula is C27H23F2NO5S. The van der Waals surface area contributed by atoms with Gasteiger partial charge in [-0.1, -0.05) is 12.1 Å². The fourth-order valence-electron chi connectivity index (χ4n) is 3.77. The normalized spacial score (nSPS) is 10.9. The Kier molecular flexibility index (Phi) is 7.90. The lowest BCUT2D eigenvalue weighted by molar-refractivity contribution is 0.0915. The maximum atomic E-state index is 14.2. The summed E-state index contributed by atoms with van der Waals surface area (Å²) in [6.07, 6.45) is -0.0959. The molecule has 4 rings (SSSR count). The second-order valence-electron chi connectivity index (χ2n) is 7.76. The summed E-state index contributed by atoms with van der Waals surface area (Å²) in [6, 6.07) is 12.6. The van der Waals surface area contributed by atoms with E-state index in [0.717, 1.165) is 0 Å². The highest BCUT2D eigenvalue weighted by Crippen LogP contribution is 2.38. The molecule has 0 bridgehead atoms. The van der Waals surface area contributed by atoms with Crippen LogP contribution in [0.2, 0.25) is 0 Å². The number of rotatable bonds is 11. The van der Waals surface area contributed by atoms with E-state index >= 15 is 0 Å². The minimum absolute atomic E-state index is 0.0394. The smallest absolute Gasteiger partial charge is 0.181 e. The van der Waals surface area contributed by atoms with Gasteiger partial charge in [0.25, 0.3) is 0 Å². The van der Waals surface area contributed by atoms with Crippen molar-refractivity contribution in [2.24, 2.45) is 0 Å². The Balaban J connectivity index is 1.52. The van der Waals surface area contributed by atoms with Gasteiger partial charge in [-0.15, -0.1) is 11.3 Å². The molecule has 0 saturated carbocycles. The molecule has 0 aliphatic carbocycles. The van der Waals surface area contributed by atoms with E-state index in [0.29, 0.717) is 44.2 Å². The van der Waals surface area contributed by atoms with Crippen LogP contribution in [0, 0.1) is 5.82 Å². The number of ketones is 2. The largest absolute Gasteiger partial charge is 0.494 e. The van der Waals surface area contributed by atoms with Crippen LogP contribution in [0.4, 0.5) is 8.78 Å². The lowest BCUT2D eigenvalue weighted by Crippen LogP contribution is -2.08. The first kappa shape index (κ1) is 25.2. The van der Waals surface area contributed by atoms with Crippen LogP contribution in [0.15, 0.2) is 53.9 Å². The second kappa shape index (κ2) is 11.3. The number of benzene rings is 2. The summed E-state index contributed by atoms with van der Waals surface area (Å²) < 4.78 is 43.0. The summed E-state index contributed by atoms with van der Waals surface area (Å²) >= 11 is 1.25. The number of pyridine rings is 1.